The average Bonchev–Trinajstić information content (AvgIpc) is 2.47. The molecule has 3 nitrogen and oxygen atoms in total. The van der Waals surface area contributed by atoms with E-state index in [0.717, 1.165) is 5.56 Å². The summed E-state index contributed by atoms with van der Waals surface area (Å²) in [6.45, 7) is 8.33. The third-order valence-electron chi connectivity index (χ3n) is 3.04. The molecule has 0 radical (unpaired) electrons. The maximum atomic E-state index is 11.5. The van der Waals surface area contributed by atoms with Crippen molar-refractivity contribution in [2.24, 2.45) is 0 Å². The molecular weight excluding hydrogens is 298 g/mol. The van der Waals surface area contributed by atoms with Crippen molar-refractivity contribution < 1.29 is 9.53 Å². The number of benzene rings is 1. The van der Waals surface area contributed by atoms with Gasteiger partial charge in [-0.15, -0.1) is 0 Å². The summed E-state index contributed by atoms with van der Waals surface area (Å²) in [6.07, 6.45) is 2.90. The van der Waals surface area contributed by atoms with Crippen LogP contribution < -0.4 is 0 Å². The Balaban J connectivity index is 2.98. The molecule has 0 atom stereocenters. The van der Waals surface area contributed by atoms with Gasteiger partial charge in [0.2, 0.25) is 0 Å². The summed E-state index contributed by atoms with van der Waals surface area (Å²) in [6, 6.07) is 9.69. The largest absolute Gasteiger partial charge is 0.462 e. The van der Waals surface area contributed by atoms with E-state index in [9.17, 15) is 4.79 Å². The van der Waals surface area contributed by atoms with Crippen molar-refractivity contribution in [1.82, 2.24) is 0 Å². The van der Waals surface area contributed by atoms with Crippen molar-refractivity contribution in [2.75, 3.05) is 6.61 Å². The Kier molecular flexibility index (Phi) is 6.39. The van der Waals surface area contributed by atoms with E-state index in [2.05, 4.69) is 20.8 Å². The highest BCUT2D eigenvalue weighted by Gasteiger charge is 2.13. The molecule has 0 aromatic heterocycles. The fourth-order valence-corrected chi connectivity index (χ4v) is 1.93. The number of carbonyl (C=O) groups is 1. The lowest BCUT2D eigenvalue weighted by Crippen LogP contribution is -2.10. The molecule has 4 heteroatoms. The van der Waals surface area contributed by atoms with Crippen LogP contribution in [0.25, 0.3) is 5.03 Å². The minimum atomic E-state index is -0.645. The molecule has 0 amide bonds. The second-order valence-corrected chi connectivity index (χ2v) is 6.16. The number of ether oxygens (including phenoxy) is 1. The lowest BCUT2D eigenvalue weighted by atomic mass is 9.87. The summed E-state index contributed by atoms with van der Waals surface area (Å²) in [5.74, 6) is -0.645. The zero-order valence-electron chi connectivity index (χ0n) is 13.3. The summed E-state index contributed by atoms with van der Waals surface area (Å²) in [4.78, 5) is 11.5. The van der Waals surface area contributed by atoms with E-state index in [4.69, 9.17) is 21.6 Å². The van der Waals surface area contributed by atoms with E-state index in [-0.39, 0.29) is 17.6 Å². The zero-order valence-corrected chi connectivity index (χ0v) is 14.1. The van der Waals surface area contributed by atoms with E-state index in [1.807, 2.05) is 24.3 Å². The zero-order chi connectivity index (χ0) is 16.8. The molecule has 1 aromatic rings. The molecule has 0 aliphatic heterocycles. The maximum absolute atomic E-state index is 11.5. The number of nitrogens with zero attached hydrogens (tertiary/aromatic N) is 1. The Morgan fingerprint density at radius 1 is 1.27 bits per heavy atom. The Morgan fingerprint density at radius 2 is 1.86 bits per heavy atom. The third kappa shape index (κ3) is 5.05. The second-order valence-electron chi connectivity index (χ2n) is 5.75. The Hall–Kier alpha value is -2.05. The topological polar surface area (TPSA) is 50.1 Å². The van der Waals surface area contributed by atoms with Crippen molar-refractivity contribution in [3.8, 4) is 6.07 Å². The highest BCUT2D eigenvalue weighted by molar-refractivity contribution is 6.48. The number of esters is 1. The fourth-order valence-electron chi connectivity index (χ4n) is 1.74. The number of allylic oxidation sites excluding steroid dienone is 2. The first-order chi connectivity index (χ1) is 10.3. The number of hydrogen-bond donors (Lipinski definition) is 0. The van der Waals surface area contributed by atoms with Crippen LogP contribution in [0.5, 0.6) is 0 Å². The highest BCUT2D eigenvalue weighted by atomic mass is 35.5. The molecule has 0 unspecified atom stereocenters. The minimum Gasteiger partial charge on any atom is -0.462 e. The third-order valence-corrected chi connectivity index (χ3v) is 3.38. The van der Waals surface area contributed by atoms with Crippen molar-refractivity contribution in [1.29, 1.82) is 5.26 Å². The SMILES string of the molecule is CCOC(=O)C(C#N)=CC=C(Cl)c1ccc(C(C)(C)C)cc1. The van der Waals surface area contributed by atoms with Gasteiger partial charge in [-0.1, -0.05) is 56.6 Å². The summed E-state index contributed by atoms with van der Waals surface area (Å²) in [7, 11) is 0. The molecule has 0 aliphatic rings. The predicted octanol–water partition coefficient (Wildman–Crippen LogP) is 4.58. The molecule has 0 saturated heterocycles. The molecule has 22 heavy (non-hydrogen) atoms. The maximum Gasteiger partial charge on any atom is 0.348 e. The number of nitriles is 1. The van der Waals surface area contributed by atoms with Gasteiger partial charge in [-0.05, 0) is 35.6 Å². The standard InChI is InChI=1S/C18H20ClNO2/c1-5-22-17(21)14(12-20)8-11-16(19)13-6-9-15(10-7-13)18(2,3)4/h6-11H,5H2,1-4H3. The van der Waals surface area contributed by atoms with E-state index in [1.165, 1.54) is 17.7 Å². The fraction of sp³-hybridized carbons (Fsp3) is 0.333. The number of carbonyl (C=O) groups excluding carboxylic acids is 1. The first kappa shape index (κ1) is 18.0. The Labute approximate surface area is 136 Å². The van der Waals surface area contributed by atoms with Crippen LogP contribution in [-0.4, -0.2) is 12.6 Å². The summed E-state index contributed by atoms with van der Waals surface area (Å²) < 4.78 is 4.78. The van der Waals surface area contributed by atoms with Crippen LogP contribution in [0.3, 0.4) is 0 Å². The van der Waals surface area contributed by atoms with E-state index in [0.29, 0.717) is 5.03 Å². The number of halogens is 1. The molecule has 1 aromatic carbocycles. The first-order valence-electron chi connectivity index (χ1n) is 7.05. The van der Waals surface area contributed by atoms with Gasteiger partial charge in [0.05, 0.1) is 6.61 Å². The van der Waals surface area contributed by atoms with Crippen molar-refractivity contribution in [3.05, 3.63) is 53.1 Å². The summed E-state index contributed by atoms with van der Waals surface area (Å²) >= 11 is 6.21. The van der Waals surface area contributed by atoms with Crippen LogP contribution in [0.15, 0.2) is 42.0 Å². The van der Waals surface area contributed by atoms with Crippen molar-refractivity contribution in [3.63, 3.8) is 0 Å². The van der Waals surface area contributed by atoms with Gasteiger partial charge in [-0.25, -0.2) is 4.79 Å². The van der Waals surface area contributed by atoms with Crippen LogP contribution in [0.2, 0.25) is 0 Å². The molecule has 116 valence electrons. The molecular formula is C18H20ClNO2. The van der Waals surface area contributed by atoms with Crippen LogP contribution >= 0.6 is 11.6 Å². The van der Waals surface area contributed by atoms with E-state index >= 15 is 0 Å². The minimum absolute atomic E-state index is 0.0759. The van der Waals surface area contributed by atoms with Gasteiger partial charge < -0.3 is 4.74 Å². The van der Waals surface area contributed by atoms with Gasteiger partial charge in [0.15, 0.2) is 0 Å². The quantitative estimate of drug-likeness (QED) is 0.353. The molecule has 0 bridgehead atoms. The highest BCUT2D eigenvalue weighted by Crippen LogP contribution is 2.25. The first-order valence-corrected chi connectivity index (χ1v) is 7.43. The van der Waals surface area contributed by atoms with Gasteiger partial charge >= 0.3 is 5.97 Å². The van der Waals surface area contributed by atoms with Crippen molar-refractivity contribution >= 4 is 22.6 Å². The van der Waals surface area contributed by atoms with Crippen LogP contribution in [0.1, 0.15) is 38.8 Å². The molecule has 0 saturated carbocycles. The Morgan fingerprint density at radius 3 is 2.32 bits per heavy atom. The molecule has 0 aliphatic carbocycles. The van der Waals surface area contributed by atoms with Crippen LogP contribution in [0, 0.1) is 11.3 Å². The molecule has 0 N–H and O–H groups in total. The van der Waals surface area contributed by atoms with Gasteiger partial charge in [0.1, 0.15) is 11.6 Å². The molecule has 0 spiro atoms. The number of hydrogen-bond acceptors (Lipinski definition) is 3. The predicted molar refractivity (Wildman–Crippen MR) is 89.3 cm³/mol. The normalized spacial score (nSPS) is 12.7. The van der Waals surface area contributed by atoms with Gasteiger partial charge in [0, 0.05) is 5.03 Å². The number of rotatable bonds is 4. The van der Waals surface area contributed by atoms with Gasteiger partial charge in [-0.3, -0.25) is 0 Å². The smallest absolute Gasteiger partial charge is 0.348 e. The summed E-state index contributed by atoms with van der Waals surface area (Å²) in [5, 5.41) is 9.40. The lowest BCUT2D eigenvalue weighted by molar-refractivity contribution is -0.138. The van der Waals surface area contributed by atoms with Crippen LogP contribution in [0.4, 0.5) is 0 Å². The van der Waals surface area contributed by atoms with Crippen molar-refractivity contribution in [2.45, 2.75) is 33.1 Å². The van der Waals surface area contributed by atoms with E-state index in [1.54, 1.807) is 13.0 Å². The molecule has 0 heterocycles. The van der Waals surface area contributed by atoms with Crippen LogP contribution in [-0.2, 0) is 14.9 Å². The van der Waals surface area contributed by atoms with E-state index < -0.39 is 5.97 Å². The van der Waals surface area contributed by atoms with Gasteiger partial charge in [0.25, 0.3) is 0 Å². The monoisotopic (exact) mass is 317 g/mol. The average molecular weight is 318 g/mol. The Bertz CT molecular complexity index is 629. The summed E-state index contributed by atoms with van der Waals surface area (Å²) in [5.41, 5.74) is 2.03. The van der Waals surface area contributed by atoms with Gasteiger partial charge in [-0.2, -0.15) is 5.26 Å². The lowest BCUT2D eigenvalue weighted by Gasteiger charge is -2.19. The molecule has 0 fully saturated rings. The molecule has 1 rings (SSSR count). The second kappa shape index (κ2) is 7.82.